The van der Waals surface area contributed by atoms with Gasteiger partial charge in [0.25, 0.3) is 0 Å². The Morgan fingerprint density at radius 3 is 1.94 bits per heavy atom. The number of halogens is 2. The van der Waals surface area contributed by atoms with E-state index in [1.54, 1.807) is 27.7 Å². The van der Waals surface area contributed by atoms with Crippen molar-refractivity contribution in [1.29, 1.82) is 0 Å². The fourth-order valence-corrected chi connectivity index (χ4v) is 7.56. The van der Waals surface area contributed by atoms with Gasteiger partial charge in [-0.3, -0.25) is 4.79 Å². The molecule has 7 rings (SSSR count). The van der Waals surface area contributed by atoms with Crippen molar-refractivity contribution >= 4 is 27.2 Å². The molecule has 2 aromatic heterocycles. The number of alkyl halides is 2. The van der Waals surface area contributed by atoms with Crippen LogP contribution in [0.25, 0.3) is 65.2 Å². The summed E-state index contributed by atoms with van der Waals surface area (Å²) >= 11 is 1.81. The molecule has 3 nitrogen and oxygen atoms in total. The van der Waals surface area contributed by atoms with E-state index in [9.17, 15) is 18.7 Å². The molecule has 0 aliphatic carbocycles. The van der Waals surface area contributed by atoms with Crippen molar-refractivity contribution in [2.45, 2.75) is 64.7 Å². The topological polar surface area (TPSA) is 50.2 Å². The van der Waals surface area contributed by atoms with Crippen molar-refractivity contribution in [1.82, 2.24) is 4.98 Å². The van der Waals surface area contributed by atoms with E-state index in [0.29, 0.717) is 6.08 Å². The zero-order valence-electron chi connectivity index (χ0n) is 29.1. The smallest absolute Gasteiger partial charge is 0.196 e. The summed E-state index contributed by atoms with van der Waals surface area (Å²) in [5.74, 6) is -1.53. The monoisotopic (exact) mass is 877 g/mol. The second-order valence-corrected chi connectivity index (χ2v) is 13.7. The van der Waals surface area contributed by atoms with Gasteiger partial charge in [0.1, 0.15) is 5.76 Å². The normalized spacial score (nSPS) is 12.2. The second kappa shape index (κ2) is 15.9. The van der Waals surface area contributed by atoms with Crippen molar-refractivity contribution in [3.8, 4) is 55.1 Å². The maximum atomic E-state index is 14.0. The van der Waals surface area contributed by atoms with E-state index in [-0.39, 0.29) is 45.8 Å². The Morgan fingerprint density at radius 2 is 1.31 bits per heavy atom. The largest absolute Gasteiger partial charge is 0.509 e. The molecule has 1 radical (unpaired) electrons. The maximum Gasteiger partial charge on any atom is 0.196 e. The average Bonchev–Trinajstić information content (AvgIpc) is 3.62. The molecule has 263 valence electrons. The fraction of sp³-hybridized carbons (Fsp3) is 0.227. The first kappa shape index (κ1) is 38.0. The van der Waals surface area contributed by atoms with Gasteiger partial charge >= 0.3 is 0 Å². The van der Waals surface area contributed by atoms with Crippen LogP contribution in [0.4, 0.5) is 8.78 Å². The van der Waals surface area contributed by atoms with Gasteiger partial charge in [-0.05, 0) is 88.7 Å². The van der Waals surface area contributed by atoms with E-state index in [2.05, 4.69) is 103 Å². The summed E-state index contributed by atoms with van der Waals surface area (Å²) in [7, 11) is 0. The zero-order chi connectivity index (χ0) is 35.5. The van der Waals surface area contributed by atoms with Gasteiger partial charge in [-0.1, -0.05) is 88.4 Å². The predicted molar refractivity (Wildman–Crippen MR) is 204 cm³/mol. The SMILES string of the molecule is CCC(F)(CC)C(=O)/C=C(\O)C(F)(CC)CC.[Ir].[c-]1ccc2cc1-c1nccc3cc(sc13)-c1ccccc1-c1cccc(c1)-c1cccc-2c1. The number of pyridine rings is 1. The van der Waals surface area contributed by atoms with Crippen molar-refractivity contribution in [3.05, 3.63) is 127 Å². The van der Waals surface area contributed by atoms with E-state index in [4.69, 9.17) is 4.98 Å². The molecule has 0 amide bonds. The summed E-state index contributed by atoms with van der Waals surface area (Å²) < 4.78 is 29.2. The fourth-order valence-electron chi connectivity index (χ4n) is 6.36. The molecule has 0 unspecified atom stereocenters. The first-order valence-electron chi connectivity index (χ1n) is 17.2. The summed E-state index contributed by atoms with van der Waals surface area (Å²) in [6.07, 6.45) is 2.76. The van der Waals surface area contributed by atoms with Crippen LogP contribution in [-0.2, 0) is 24.9 Å². The van der Waals surface area contributed by atoms with Crippen LogP contribution in [-0.4, -0.2) is 27.2 Å². The number of aliphatic hydroxyl groups is 1. The molecule has 0 atom stereocenters. The van der Waals surface area contributed by atoms with Crippen LogP contribution in [0.1, 0.15) is 53.4 Å². The summed E-state index contributed by atoms with van der Waals surface area (Å²) in [5.41, 5.74) is 6.63. The van der Waals surface area contributed by atoms with Gasteiger partial charge in [0.05, 0.1) is 0 Å². The molecule has 0 saturated heterocycles. The number of rotatable bonds is 7. The molecule has 51 heavy (non-hydrogen) atoms. The molecule has 3 heterocycles. The number of hydrogen-bond acceptors (Lipinski definition) is 4. The molecule has 0 fully saturated rings. The van der Waals surface area contributed by atoms with E-state index < -0.39 is 22.9 Å². The predicted octanol–water partition coefficient (Wildman–Crippen LogP) is 12.8. The molecule has 6 aromatic rings. The summed E-state index contributed by atoms with van der Waals surface area (Å²) in [6.45, 7) is 6.24. The van der Waals surface area contributed by atoms with Gasteiger partial charge in [0.2, 0.25) is 0 Å². The molecule has 0 spiro atoms. The molecule has 1 aliphatic rings. The number of aliphatic hydroxyl groups excluding tert-OH is 1. The first-order chi connectivity index (χ1) is 24.1. The van der Waals surface area contributed by atoms with Crippen LogP contribution in [0.3, 0.4) is 0 Å². The van der Waals surface area contributed by atoms with E-state index in [0.717, 1.165) is 11.3 Å². The summed E-state index contributed by atoms with van der Waals surface area (Å²) in [4.78, 5) is 17.7. The van der Waals surface area contributed by atoms with Crippen molar-refractivity contribution in [3.63, 3.8) is 0 Å². The number of nitrogens with zero attached hydrogens (tertiary/aromatic N) is 1. The molecule has 8 bridgehead atoms. The number of allylic oxidation sites excluding steroid dienone is 2. The van der Waals surface area contributed by atoms with Gasteiger partial charge < -0.3 is 10.1 Å². The quantitative estimate of drug-likeness (QED) is 0.0986. The van der Waals surface area contributed by atoms with Gasteiger partial charge in [0, 0.05) is 47.6 Å². The van der Waals surface area contributed by atoms with Gasteiger partial charge in [0.15, 0.2) is 17.1 Å². The van der Waals surface area contributed by atoms with Gasteiger partial charge in [-0.15, -0.1) is 46.7 Å². The van der Waals surface area contributed by atoms with Crippen LogP contribution in [0, 0.1) is 6.07 Å². The maximum absolute atomic E-state index is 14.0. The molecule has 7 heteroatoms. The van der Waals surface area contributed by atoms with Crippen molar-refractivity contribution in [2.24, 2.45) is 0 Å². The van der Waals surface area contributed by atoms with Crippen LogP contribution in [0.5, 0.6) is 0 Å². The third-order valence-electron chi connectivity index (χ3n) is 9.80. The molecule has 4 aromatic carbocycles. The zero-order valence-corrected chi connectivity index (χ0v) is 32.3. The van der Waals surface area contributed by atoms with Gasteiger partial charge in [-0.25, -0.2) is 8.78 Å². The Labute approximate surface area is 316 Å². The molecular formula is C44H40F2IrNO2S-. The molecule has 0 saturated carbocycles. The van der Waals surface area contributed by atoms with Gasteiger partial charge in [-0.2, -0.15) is 0 Å². The average molecular weight is 877 g/mol. The Kier molecular flexibility index (Phi) is 11.9. The minimum Gasteiger partial charge on any atom is -0.509 e. The number of fused-ring (bicyclic) bond motifs is 13. The molecule has 1 aliphatic heterocycles. The number of aromatic nitrogens is 1. The van der Waals surface area contributed by atoms with E-state index in [1.807, 2.05) is 23.6 Å². The van der Waals surface area contributed by atoms with Crippen molar-refractivity contribution < 1.29 is 38.8 Å². The minimum atomic E-state index is -2.00. The van der Waals surface area contributed by atoms with Crippen LogP contribution in [0.2, 0.25) is 0 Å². The standard InChI is InChI=1S/C31H18NS.C13H22F2O2.Ir/c1-2-13-28-27(12-1)24-10-4-8-22(17-24)20-6-3-7-21(16-20)23-9-5-11-25(18-23)30-31-26(14-15-32-30)19-29(28)33-31;1-5-12(14,6-2)10(16)9-11(17)13(15,7-3)8-4;/h1-10,12-19H;9,16H,5-8H2,1-4H3;/q-1;;/b;10-9-;. The van der Waals surface area contributed by atoms with E-state index in [1.165, 1.54) is 53.9 Å². The minimum absolute atomic E-state index is 0. The second-order valence-electron chi connectivity index (χ2n) is 12.6. The van der Waals surface area contributed by atoms with Crippen LogP contribution < -0.4 is 0 Å². The Balaban J connectivity index is 0.000000242. The molecular weight excluding hydrogens is 837 g/mol. The number of hydrogen-bond donors (Lipinski definition) is 1. The number of ketones is 1. The third kappa shape index (κ3) is 7.67. The van der Waals surface area contributed by atoms with Crippen LogP contribution >= 0.6 is 11.3 Å². The summed E-state index contributed by atoms with van der Waals surface area (Å²) in [5, 5.41) is 10.8. The van der Waals surface area contributed by atoms with Crippen LogP contribution in [0.15, 0.2) is 121 Å². The number of benzene rings is 4. The van der Waals surface area contributed by atoms with E-state index >= 15 is 0 Å². The Hall–Kier alpha value is -4.29. The Bertz CT molecular complexity index is 2200. The molecule has 1 N–H and O–H groups in total. The number of thiophene rings is 1. The number of carbonyl (C=O) groups is 1. The third-order valence-corrected chi connectivity index (χ3v) is 11.0. The first-order valence-corrected chi connectivity index (χ1v) is 18.0. The number of carbonyl (C=O) groups excluding carboxylic acids is 1. The Morgan fingerprint density at radius 1 is 0.745 bits per heavy atom. The van der Waals surface area contributed by atoms with Crippen molar-refractivity contribution in [2.75, 3.05) is 0 Å². The summed E-state index contributed by atoms with van der Waals surface area (Å²) in [6, 6.07) is 40.6.